The van der Waals surface area contributed by atoms with Crippen molar-refractivity contribution < 1.29 is 4.42 Å². The minimum Gasteiger partial charge on any atom is -0.446 e. The molecule has 0 unspecified atom stereocenters. The fraction of sp³-hybridized carbons (Fsp3) is 0. The van der Waals surface area contributed by atoms with Crippen molar-refractivity contribution in [2.45, 2.75) is 0 Å². The smallest absolute Gasteiger partial charge is 0.229 e. The SMILES string of the molecule is N#Cc1cccoc1=N. The Bertz CT molecular complexity index is 294. The Kier molecular flexibility index (Phi) is 1.32. The van der Waals surface area contributed by atoms with Crippen molar-refractivity contribution in [2.75, 3.05) is 0 Å². The molecule has 1 aromatic rings. The van der Waals surface area contributed by atoms with Crippen molar-refractivity contribution >= 4 is 0 Å². The largest absolute Gasteiger partial charge is 0.446 e. The second-order valence-corrected chi connectivity index (χ2v) is 1.47. The summed E-state index contributed by atoms with van der Waals surface area (Å²) in [7, 11) is 0. The van der Waals surface area contributed by atoms with E-state index in [1.165, 1.54) is 12.3 Å². The molecule has 3 heteroatoms. The third kappa shape index (κ3) is 0.970. The molecular weight excluding hydrogens is 116 g/mol. The molecule has 0 aliphatic rings. The van der Waals surface area contributed by atoms with Crippen molar-refractivity contribution in [3.05, 3.63) is 29.5 Å². The summed E-state index contributed by atoms with van der Waals surface area (Å²) in [5, 5.41) is 15.3. The quantitative estimate of drug-likeness (QED) is 0.545. The molecule has 0 fully saturated rings. The zero-order chi connectivity index (χ0) is 6.69. The lowest BCUT2D eigenvalue weighted by Crippen LogP contribution is -2.01. The summed E-state index contributed by atoms with van der Waals surface area (Å²) in [4.78, 5) is 0. The third-order valence-electron chi connectivity index (χ3n) is 0.892. The van der Waals surface area contributed by atoms with E-state index in [-0.39, 0.29) is 11.1 Å². The number of nitriles is 1. The topological polar surface area (TPSA) is 60.8 Å². The Labute approximate surface area is 51.7 Å². The Morgan fingerprint density at radius 2 is 2.44 bits per heavy atom. The van der Waals surface area contributed by atoms with Gasteiger partial charge in [0.15, 0.2) is 0 Å². The van der Waals surface area contributed by atoms with Crippen molar-refractivity contribution in [1.82, 2.24) is 0 Å². The summed E-state index contributed by atoms with van der Waals surface area (Å²) in [5.41, 5.74) is 0.178. The molecule has 0 aromatic carbocycles. The molecule has 0 saturated heterocycles. The van der Waals surface area contributed by atoms with Gasteiger partial charge in [0.05, 0.1) is 6.26 Å². The summed E-state index contributed by atoms with van der Waals surface area (Å²) in [6.45, 7) is 0. The Balaban J connectivity index is 3.38. The van der Waals surface area contributed by atoms with Crippen LogP contribution in [0.1, 0.15) is 5.56 Å². The van der Waals surface area contributed by atoms with Gasteiger partial charge < -0.3 is 4.42 Å². The van der Waals surface area contributed by atoms with Crippen molar-refractivity contribution in [1.29, 1.82) is 10.7 Å². The highest BCUT2D eigenvalue weighted by atomic mass is 16.3. The van der Waals surface area contributed by atoms with Gasteiger partial charge in [0.2, 0.25) is 5.55 Å². The van der Waals surface area contributed by atoms with Gasteiger partial charge >= 0.3 is 0 Å². The molecule has 0 aliphatic carbocycles. The summed E-state index contributed by atoms with van der Waals surface area (Å²) >= 11 is 0. The maximum Gasteiger partial charge on any atom is 0.229 e. The van der Waals surface area contributed by atoms with E-state index < -0.39 is 0 Å². The second-order valence-electron chi connectivity index (χ2n) is 1.47. The van der Waals surface area contributed by atoms with Crippen LogP contribution in [0.3, 0.4) is 0 Å². The lowest BCUT2D eigenvalue weighted by atomic mass is 10.3. The van der Waals surface area contributed by atoms with Gasteiger partial charge in [-0.3, -0.25) is 5.41 Å². The van der Waals surface area contributed by atoms with Gasteiger partial charge in [-0.1, -0.05) is 0 Å². The Morgan fingerprint density at radius 3 is 2.89 bits per heavy atom. The van der Waals surface area contributed by atoms with Gasteiger partial charge in [-0.25, -0.2) is 0 Å². The highest BCUT2D eigenvalue weighted by molar-refractivity contribution is 5.21. The maximum atomic E-state index is 8.29. The van der Waals surface area contributed by atoms with Crippen LogP contribution in [0.4, 0.5) is 0 Å². The number of hydrogen-bond acceptors (Lipinski definition) is 3. The number of rotatable bonds is 0. The predicted octanol–water partition coefficient (Wildman–Crippen LogP) is 0.631. The van der Waals surface area contributed by atoms with Gasteiger partial charge in [-0.15, -0.1) is 0 Å². The van der Waals surface area contributed by atoms with Crippen LogP contribution in [0.25, 0.3) is 0 Å². The van der Waals surface area contributed by atoms with Crippen LogP contribution in [0.2, 0.25) is 0 Å². The summed E-state index contributed by atoms with van der Waals surface area (Å²) in [6, 6.07) is 4.93. The zero-order valence-electron chi connectivity index (χ0n) is 4.59. The highest BCUT2D eigenvalue weighted by Gasteiger charge is 1.89. The standard InChI is InChI=1S/C6H4N2O/c7-4-5-2-1-3-9-6(5)8/h1-3,8H. The molecule has 1 rings (SSSR count). The van der Waals surface area contributed by atoms with Crippen LogP contribution in [0, 0.1) is 16.7 Å². The van der Waals surface area contributed by atoms with E-state index in [1.54, 1.807) is 6.07 Å². The van der Waals surface area contributed by atoms with E-state index in [0.29, 0.717) is 0 Å². The number of hydrogen-bond donors (Lipinski definition) is 1. The van der Waals surface area contributed by atoms with Crippen LogP contribution in [0.15, 0.2) is 22.8 Å². The predicted molar refractivity (Wildman–Crippen MR) is 29.3 cm³/mol. The van der Waals surface area contributed by atoms with Gasteiger partial charge in [-0.05, 0) is 12.1 Å². The van der Waals surface area contributed by atoms with Crippen LogP contribution < -0.4 is 5.55 Å². The molecule has 1 N–H and O–H groups in total. The summed E-state index contributed by atoms with van der Waals surface area (Å²) < 4.78 is 4.59. The zero-order valence-corrected chi connectivity index (χ0v) is 4.59. The molecule has 0 aliphatic heterocycles. The van der Waals surface area contributed by atoms with Crippen LogP contribution >= 0.6 is 0 Å². The third-order valence-corrected chi connectivity index (χ3v) is 0.892. The van der Waals surface area contributed by atoms with E-state index in [2.05, 4.69) is 4.42 Å². The Morgan fingerprint density at radius 1 is 1.67 bits per heavy atom. The molecular formula is C6H4N2O. The first-order valence-corrected chi connectivity index (χ1v) is 2.37. The molecule has 1 aromatic heterocycles. The molecule has 1 heterocycles. The van der Waals surface area contributed by atoms with E-state index in [0.717, 1.165) is 0 Å². The second kappa shape index (κ2) is 2.14. The summed E-state index contributed by atoms with van der Waals surface area (Å²) in [5.74, 6) is 0. The molecule has 0 atom stereocenters. The lowest BCUT2D eigenvalue weighted by Gasteiger charge is -1.82. The number of nitrogens with zero attached hydrogens (tertiary/aromatic N) is 1. The first kappa shape index (κ1) is 5.57. The van der Waals surface area contributed by atoms with Crippen molar-refractivity contribution in [3.63, 3.8) is 0 Å². The van der Waals surface area contributed by atoms with E-state index >= 15 is 0 Å². The van der Waals surface area contributed by atoms with Gasteiger partial charge in [0.25, 0.3) is 0 Å². The normalized spacial score (nSPS) is 8.33. The van der Waals surface area contributed by atoms with E-state index in [9.17, 15) is 0 Å². The molecule has 0 saturated carbocycles. The van der Waals surface area contributed by atoms with Crippen molar-refractivity contribution in [2.24, 2.45) is 0 Å². The first-order chi connectivity index (χ1) is 4.34. The molecule has 0 spiro atoms. The lowest BCUT2D eigenvalue weighted by molar-refractivity contribution is 0.484. The van der Waals surface area contributed by atoms with Gasteiger partial charge in [-0.2, -0.15) is 5.26 Å². The van der Waals surface area contributed by atoms with Crippen LogP contribution in [0.5, 0.6) is 0 Å². The van der Waals surface area contributed by atoms with Crippen molar-refractivity contribution in [3.8, 4) is 6.07 Å². The van der Waals surface area contributed by atoms with Gasteiger partial charge in [0, 0.05) is 0 Å². The molecule has 0 amide bonds. The molecule has 0 bridgehead atoms. The van der Waals surface area contributed by atoms with Crippen LogP contribution in [-0.4, -0.2) is 0 Å². The minimum atomic E-state index is -0.0833. The average Bonchev–Trinajstić information content (AvgIpc) is 1.89. The maximum absolute atomic E-state index is 8.29. The molecule has 44 valence electrons. The minimum absolute atomic E-state index is 0.0833. The monoisotopic (exact) mass is 120 g/mol. The first-order valence-electron chi connectivity index (χ1n) is 2.37. The molecule has 3 nitrogen and oxygen atoms in total. The molecule has 0 radical (unpaired) electrons. The fourth-order valence-corrected chi connectivity index (χ4v) is 0.470. The fourth-order valence-electron chi connectivity index (χ4n) is 0.470. The van der Waals surface area contributed by atoms with Crippen LogP contribution in [-0.2, 0) is 0 Å². The van der Waals surface area contributed by atoms with E-state index in [4.69, 9.17) is 10.7 Å². The summed E-state index contributed by atoms with van der Waals surface area (Å²) in [6.07, 6.45) is 1.36. The van der Waals surface area contributed by atoms with E-state index in [1.807, 2.05) is 6.07 Å². The number of nitrogens with one attached hydrogen (secondary N) is 1. The average molecular weight is 120 g/mol. The van der Waals surface area contributed by atoms with Gasteiger partial charge in [0.1, 0.15) is 11.6 Å². The highest BCUT2D eigenvalue weighted by Crippen LogP contribution is 1.85. The Hall–Kier alpha value is -1.56. The molecule has 9 heavy (non-hydrogen) atoms.